The van der Waals surface area contributed by atoms with Crippen LogP contribution in [0.1, 0.15) is 46.5 Å². The van der Waals surface area contributed by atoms with E-state index in [0.717, 1.165) is 12.3 Å². The second kappa shape index (κ2) is 8.72. The summed E-state index contributed by atoms with van der Waals surface area (Å²) in [6.07, 6.45) is 3.94. The van der Waals surface area contributed by atoms with Gasteiger partial charge in [0.05, 0.1) is 6.61 Å². The highest BCUT2D eigenvalue weighted by atomic mass is 16.5. The topological polar surface area (TPSA) is 46.5 Å². The van der Waals surface area contributed by atoms with E-state index in [4.69, 9.17) is 9.84 Å². The van der Waals surface area contributed by atoms with E-state index < -0.39 is 0 Å². The smallest absolute Gasteiger partial charge is 0.306 e. The normalized spacial score (nSPS) is 12.9. The number of carbonyl (C=O) groups excluding carboxylic acids is 1. The zero-order chi connectivity index (χ0) is 11.7. The van der Waals surface area contributed by atoms with Crippen LogP contribution in [0.4, 0.5) is 0 Å². The summed E-state index contributed by atoms with van der Waals surface area (Å²) in [5.74, 6) is 0.926. The van der Waals surface area contributed by atoms with E-state index in [0.29, 0.717) is 12.3 Å². The van der Waals surface area contributed by atoms with Crippen molar-refractivity contribution in [3.63, 3.8) is 0 Å². The minimum Gasteiger partial charge on any atom is -0.463 e. The number of hydrogen-bond donors (Lipinski definition) is 1. The molecule has 0 saturated heterocycles. The van der Waals surface area contributed by atoms with Crippen molar-refractivity contribution in [3.05, 3.63) is 0 Å². The first kappa shape index (κ1) is 14.4. The number of ether oxygens (including phenoxy) is 1. The van der Waals surface area contributed by atoms with Crippen LogP contribution in [0.25, 0.3) is 0 Å². The van der Waals surface area contributed by atoms with Crippen molar-refractivity contribution in [2.75, 3.05) is 13.2 Å². The van der Waals surface area contributed by atoms with Crippen LogP contribution >= 0.6 is 0 Å². The van der Waals surface area contributed by atoms with E-state index in [1.807, 2.05) is 0 Å². The quantitative estimate of drug-likeness (QED) is 0.634. The molecule has 90 valence electrons. The zero-order valence-electron chi connectivity index (χ0n) is 10.2. The van der Waals surface area contributed by atoms with Crippen LogP contribution < -0.4 is 0 Å². The van der Waals surface area contributed by atoms with E-state index in [2.05, 4.69) is 20.8 Å². The third-order valence-electron chi connectivity index (χ3n) is 2.35. The van der Waals surface area contributed by atoms with Crippen LogP contribution in [0.15, 0.2) is 0 Å². The molecule has 0 spiro atoms. The first-order valence-electron chi connectivity index (χ1n) is 5.82. The van der Waals surface area contributed by atoms with Crippen molar-refractivity contribution in [1.82, 2.24) is 0 Å². The molecular weight excluding hydrogens is 192 g/mol. The predicted octanol–water partition coefficient (Wildman–Crippen LogP) is 2.37. The maximum absolute atomic E-state index is 11.2. The average molecular weight is 216 g/mol. The predicted molar refractivity (Wildman–Crippen MR) is 60.5 cm³/mol. The van der Waals surface area contributed by atoms with Crippen LogP contribution in [0.5, 0.6) is 0 Å². The first-order valence-corrected chi connectivity index (χ1v) is 5.82. The minimum absolute atomic E-state index is 0.0898. The molecule has 3 heteroatoms. The lowest BCUT2D eigenvalue weighted by molar-refractivity contribution is -0.145. The van der Waals surface area contributed by atoms with Gasteiger partial charge in [-0.25, -0.2) is 0 Å². The van der Waals surface area contributed by atoms with Gasteiger partial charge in [0.2, 0.25) is 0 Å². The fourth-order valence-corrected chi connectivity index (χ4v) is 1.48. The van der Waals surface area contributed by atoms with E-state index in [1.165, 1.54) is 12.8 Å². The van der Waals surface area contributed by atoms with E-state index in [1.54, 1.807) is 0 Å². The number of hydrogen-bond acceptors (Lipinski definition) is 3. The van der Waals surface area contributed by atoms with Crippen molar-refractivity contribution in [3.8, 4) is 0 Å². The molecular formula is C12H24O3. The third kappa shape index (κ3) is 9.73. The Balaban J connectivity index is 3.46. The molecule has 0 amide bonds. The molecule has 0 unspecified atom stereocenters. The molecule has 15 heavy (non-hydrogen) atoms. The highest BCUT2D eigenvalue weighted by Gasteiger charge is 2.10. The van der Waals surface area contributed by atoms with Gasteiger partial charge >= 0.3 is 5.97 Å². The highest BCUT2D eigenvalue weighted by molar-refractivity contribution is 5.69. The van der Waals surface area contributed by atoms with Gasteiger partial charge in [0.25, 0.3) is 0 Å². The van der Waals surface area contributed by atoms with Gasteiger partial charge in [-0.05, 0) is 11.8 Å². The Hall–Kier alpha value is -0.570. The van der Waals surface area contributed by atoms with Crippen LogP contribution in [0, 0.1) is 11.8 Å². The second-order valence-electron chi connectivity index (χ2n) is 4.58. The Morgan fingerprint density at radius 1 is 1.27 bits per heavy atom. The number of esters is 1. The van der Waals surface area contributed by atoms with Gasteiger partial charge in [-0.3, -0.25) is 4.79 Å². The Labute approximate surface area is 92.8 Å². The minimum atomic E-state index is -0.193. The number of aliphatic hydroxyl groups is 1. The second-order valence-corrected chi connectivity index (χ2v) is 4.58. The number of rotatable bonds is 8. The standard InChI is InChI=1S/C12H24O3/c1-10(2)5-4-6-11(3)9-12(14)15-8-7-13/h10-11,13H,4-9H2,1-3H3/t11-/m1/s1. The number of aliphatic hydroxyl groups excluding tert-OH is 1. The van der Waals surface area contributed by atoms with Crippen LogP contribution in [0.3, 0.4) is 0 Å². The molecule has 3 nitrogen and oxygen atoms in total. The molecule has 0 aromatic heterocycles. The molecule has 0 saturated carbocycles. The van der Waals surface area contributed by atoms with Crippen molar-refractivity contribution in [2.24, 2.45) is 11.8 Å². The van der Waals surface area contributed by atoms with Crippen LogP contribution in [-0.2, 0) is 9.53 Å². The van der Waals surface area contributed by atoms with Gasteiger partial charge in [0.1, 0.15) is 6.61 Å². The van der Waals surface area contributed by atoms with Crippen LogP contribution in [0.2, 0.25) is 0 Å². The van der Waals surface area contributed by atoms with Gasteiger partial charge in [-0.1, -0.05) is 40.0 Å². The lowest BCUT2D eigenvalue weighted by Crippen LogP contribution is -2.12. The van der Waals surface area contributed by atoms with Crippen molar-refractivity contribution < 1.29 is 14.6 Å². The van der Waals surface area contributed by atoms with E-state index in [9.17, 15) is 4.79 Å². The maximum atomic E-state index is 11.2. The molecule has 0 radical (unpaired) electrons. The molecule has 0 bridgehead atoms. The SMILES string of the molecule is CC(C)CCC[C@@H](C)CC(=O)OCCO. The first-order chi connectivity index (χ1) is 7.06. The molecule has 0 aromatic rings. The monoisotopic (exact) mass is 216 g/mol. The third-order valence-corrected chi connectivity index (χ3v) is 2.35. The Kier molecular flexibility index (Phi) is 8.38. The van der Waals surface area contributed by atoms with Crippen molar-refractivity contribution in [2.45, 2.75) is 46.5 Å². The molecule has 0 rings (SSSR count). The highest BCUT2D eigenvalue weighted by Crippen LogP contribution is 2.15. The zero-order valence-corrected chi connectivity index (χ0v) is 10.2. The van der Waals surface area contributed by atoms with Gasteiger partial charge in [0.15, 0.2) is 0 Å². The Morgan fingerprint density at radius 3 is 2.47 bits per heavy atom. The summed E-state index contributed by atoms with van der Waals surface area (Å²) >= 11 is 0. The van der Waals surface area contributed by atoms with Gasteiger partial charge < -0.3 is 9.84 Å². The van der Waals surface area contributed by atoms with E-state index >= 15 is 0 Å². The summed E-state index contributed by atoms with van der Waals surface area (Å²) in [4.78, 5) is 11.2. The van der Waals surface area contributed by atoms with Crippen LogP contribution in [-0.4, -0.2) is 24.3 Å². The molecule has 1 atom stereocenters. The lowest BCUT2D eigenvalue weighted by atomic mass is 9.97. The summed E-state index contributed by atoms with van der Waals surface area (Å²) in [6, 6.07) is 0. The Bertz CT molecular complexity index is 166. The largest absolute Gasteiger partial charge is 0.463 e. The summed E-state index contributed by atoms with van der Waals surface area (Å²) in [5, 5.41) is 8.47. The molecule has 0 aliphatic rings. The molecule has 0 heterocycles. The maximum Gasteiger partial charge on any atom is 0.306 e. The molecule has 0 fully saturated rings. The summed E-state index contributed by atoms with van der Waals surface area (Å²) in [5.41, 5.74) is 0. The van der Waals surface area contributed by atoms with Gasteiger partial charge in [-0.15, -0.1) is 0 Å². The van der Waals surface area contributed by atoms with E-state index in [-0.39, 0.29) is 19.2 Å². The lowest BCUT2D eigenvalue weighted by Gasteiger charge is -2.11. The fourth-order valence-electron chi connectivity index (χ4n) is 1.48. The molecule has 0 aromatic carbocycles. The Morgan fingerprint density at radius 2 is 1.93 bits per heavy atom. The summed E-state index contributed by atoms with van der Waals surface area (Å²) in [7, 11) is 0. The molecule has 1 N–H and O–H groups in total. The number of carbonyl (C=O) groups is 1. The van der Waals surface area contributed by atoms with Crippen molar-refractivity contribution >= 4 is 5.97 Å². The fraction of sp³-hybridized carbons (Fsp3) is 0.917. The molecule has 0 aliphatic carbocycles. The van der Waals surface area contributed by atoms with Gasteiger partial charge in [-0.2, -0.15) is 0 Å². The summed E-state index contributed by atoms with van der Waals surface area (Å²) in [6.45, 7) is 6.52. The molecule has 0 aliphatic heterocycles. The van der Waals surface area contributed by atoms with Crippen molar-refractivity contribution in [1.29, 1.82) is 0 Å². The summed E-state index contributed by atoms with van der Waals surface area (Å²) < 4.78 is 4.80. The van der Waals surface area contributed by atoms with Gasteiger partial charge in [0, 0.05) is 6.42 Å². The average Bonchev–Trinajstić information content (AvgIpc) is 2.14.